The van der Waals surface area contributed by atoms with Crippen molar-refractivity contribution < 1.29 is 23.3 Å². The van der Waals surface area contributed by atoms with E-state index in [2.05, 4.69) is 5.32 Å². The van der Waals surface area contributed by atoms with Gasteiger partial charge in [-0.2, -0.15) is 4.31 Å². The smallest absolute Gasteiger partial charge is 0.426 e. The Bertz CT molecular complexity index is 746. The van der Waals surface area contributed by atoms with Crippen LogP contribution in [0.3, 0.4) is 0 Å². The summed E-state index contributed by atoms with van der Waals surface area (Å²) in [6.45, 7) is 1.36. The number of nitrogens with one attached hydrogen (secondary N) is 1. The van der Waals surface area contributed by atoms with Crippen molar-refractivity contribution in [2.45, 2.75) is 42.6 Å². The summed E-state index contributed by atoms with van der Waals surface area (Å²) in [5.74, 6) is -0.741. The molecule has 2 heterocycles. The number of likely N-dealkylation sites (tertiary alicyclic amines) is 1. The quantitative estimate of drug-likeness (QED) is 0.557. The van der Waals surface area contributed by atoms with E-state index in [9.17, 15) is 23.3 Å². The second-order valence-electron chi connectivity index (χ2n) is 7.11. The van der Waals surface area contributed by atoms with Crippen LogP contribution in [0.1, 0.15) is 25.7 Å². The van der Waals surface area contributed by atoms with Gasteiger partial charge >= 0.3 is 7.12 Å². The van der Waals surface area contributed by atoms with Crippen molar-refractivity contribution in [3.8, 4) is 0 Å². The van der Waals surface area contributed by atoms with Gasteiger partial charge in [0.2, 0.25) is 15.9 Å². The molecule has 1 aromatic rings. The molecule has 0 radical (unpaired) electrons. The van der Waals surface area contributed by atoms with Crippen molar-refractivity contribution in [1.82, 2.24) is 14.5 Å². The lowest BCUT2D eigenvalue weighted by molar-refractivity contribution is -0.130. The standard InChI is InChI=1S/C17H26BN3O5S/c22-17(21-11-5-9-16(21)18(23)24)12-19-14-6-4-10-20(13-14)27(25,26)15-7-2-1-3-8-15/h1-3,7-8,14,16,19,23-24H,4-6,9-13H2/t14-,16+/m1/s1. The van der Waals surface area contributed by atoms with Gasteiger partial charge in [0.25, 0.3) is 0 Å². The molecule has 0 bridgehead atoms. The van der Waals surface area contributed by atoms with Crippen LogP contribution in [-0.4, -0.2) is 78.9 Å². The molecular formula is C17H26BN3O5S. The number of nitrogens with zero attached hydrogens (tertiary/aromatic N) is 2. The molecule has 148 valence electrons. The van der Waals surface area contributed by atoms with Crippen LogP contribution in [0.4, 0.5) is 0 Å². The molecule has 2 atom stereocenters. The van der Waals surface area contributed by atoms with Gasteiger partial charge in [-0.1, -0.05) is 18.2 Å². The van der Waals surface area contributed by atoms with Crippen LogP contribution in [-0.2, 0) is 14.8 Å². The Morgan fingerprint density at radius 2 is 1.85 bits per heavy atom. The summed E-state index contributed by atoms with van der Waals surface area (Å²) in [7, 11) is -5.07. The lowest BCUT2D eigenvalue weighted by Gasteiger charge is -2.33. The number of hydrogen-bond acceptors (Lipinski definition) is 6. The molecule has 10 heteroatoms. The number of benzene rings is 1. The highest BCUT2D eigenvalue weighted by Gasteiger charge is 2.37. The Morgan fingerprint density at radius 3 is 2.56 bits per heavy atom. The van der Waals surface area contributed by atoms with E-state index in [1.165, 1.54) is 9.21 Å². The first kappa shape index (κ1) is 20.3. The predicted molar refractivity (Wildman–Crippen MR) is 101 cm³/mol. The molecule has 0 aliphatic carbocycles. The predicted octanol–water partition coefficient (Wildman–Crippen LogP) is -0.568. The number of rotatable bonds is 6. The van der Waals surface area contributed by atoms with Crippen LogP contribution >= 0.6 is 0 Å². The summed E-state index contributed by atoms with van der Waals surface area (Å²) in [5.41, 5.74) is 0. The highest BCUT2D eigenvalue weighted by Crippen LogP contribution is 2.21. The minimum atomic E-state index is -3.54. The maximum absolute atomic E-state index is 12.8. The zero-order valence-electron chi connectivity index (χ0n) is 15.2. The number of piperidine rings is 1. The van der Waals surface area contributed by atoms with Gasteiger partial charge in [0.05, 0.1) is 17.4 Å². The highest BCUT2D eigenvalue weighted by molar-refractivity contribution is 7.89. The van der Waals surface area contributed by atoms with Gasteiger partial charge in [-0.25, -0.2) is 8.42 Å². The van der Waals surface area contributed by atoms with E-state index >= 15 is 0 Å². The average Bonchev–Trinajstić information content (AvgIpc) is 3.17. The van der Waals surface area contributed by atoms with Crippen LogP contribution in [0.15, 0.2) is 35.2 Å². The van der Waals surface area contributed by atoms with Crippen LogP contribution in [0.25, 0.3) is 0 Å². The summed E-state index contributed by atoms with van der Waals surface area (Å²) in [6, 6.07) is 8.25. The summed E-state index contributed by atoms with van der Waals surface area (Å²) in [4.78, 5) is 14.2. The fourth-order valence-corrected chi connectivity index (χ4v) is 5.36. The Hall–Kier alpha value is -1.46. The zero-order valence-corrected chi connectivity index (χ0v) is 16.0. The first-order valence-electron chi connectivity index (χ1n) is 9.34. The molecule has 0 spiro atoms. The number of carbonyl (C=O) groups excluding carboxylic acids is 1. The minimum Gasteiger partial charge on any atom is -0.426 e. The highest BCUT2D eigenvalue weighted by atomic mass is 32.2. The van der Waals surface area contributed by atoms with E-state index in [-0.39, 0.29) is 23.4 Å². The van der Waals surface area contributed by atoms with Crippen molar-refractivity contribution >= 4 is 23.0 Å². The van der Waals surface area contributed by atoms with E-state index < -0.39 is 23.1 Å². The largest absolute Gasteiger partial charge is 0.475 e. The summed E-state index contributed by atoms with van der Waals surface area (Å²) < 4.78 is 27.0. The fraction of sp³-hybridized carbons (Fsp3) is 0.588. The van der Waals surface area contributed by atoms with Crippen molar-refractivity contribution in [2.24, 2.45) is 0 Å². The molecule has 2 fully saturated rings. The van der Waals surface area contributed by atoms with Crippen LogP contribution in [0.2, 0.25) is 0 Å². The molecule has 3 N–H and O–H groups in total. The minimum absolute atomic E-state index is 0.0626. The lowest BCUT2D eigenvalue weighted by atomic mass is 9.78. The molecule has 0 aromatic heterocycles. The Morgan fingerprint density at radius 1 is 1.15 bits per heavy atom. The fourth-order valence-electron chi connectivity index (χ4n) is 3.81. The van der Waals surface area contributed by atoms with Gasteiger partial charge in [-0.15, -0.1) is 0 Å². The lowest BCUT2D eigenvalue weighted by Crippen LogP contribution is -2.52. The third kappa shape index (κ3) is 4.70. The number of carbonyl (C=O) groups is 1. The molecular weight excluding hydrogens is 369 g/mol. The topological polar surface area (TPSA) is 110 Å². The SMILES string of the molecule is O=C(CN[C@@H]1CCCN(S(=O)(=O)c2ccccc2)C1)N1CCC[C@H]1B(O)O. The molecule has 2 saturated heterocycles. The molecule has 0 unspecified atom stereocenters. The molecule has 3 rings (SSSR count). The Balaban J connectivity index is 1.57. The van der Waals surface area contributed by atoms with E-state index in [0.717, 1.165) is 19.3 Å². The van der Waals surface area contributed by atoms with Gasteiger partial charge in [-0.3, -0.25) is 4.79 Å². The molecule has 1 aromatic carbocycles. The van der Waals surface area contributed by atoms with E-state index in [1.807, 2.05) is 0 Å². The molecule has 0 saturated carbocycles. The van der Waals surface area contributed by atoms with Gasteiger partial charge in [0.1, 0.15) is 0 Å². The third-order valence-electron chi connectivity index (χ3n) is 5.27. The number of amides is 1. The first-order valence-corrected chi connectivity index (χ1v) is 10.8. The molecule has 2 aliphatic rings. The van der Waals surface area contributed by atoms with E-state index in [1.54, 1.807) is 30.3 Å². The molecule has 1 amide bonds. The van der Waals surface area contributed by atoms with Crippen LogP contribution in [0.5, 0.6) is 0 Å². The molecule has 8 nitrogen and oxygen atoms in total. The van der Waals surface area contributed by atoms with Crippen LogP contribution in [0, 0.1) is 0 Å². The van der Waals surface area contributed by atoms with Crippen molar-refractivity contribution in [2.75, 3.05) is 26.2 Å². The van der Waals surface area contributed by atoms with Crippen LogP contribution < -0.4 is 5.32 Å². The number of hydrogen-bond donors (Lipinski definition) is 3. The third-order valence-corrected chi connectivity index (χ3v) is 7.15. The molecule has 27 heavy (non-hydrogen) atoms. The van der Waals surface area contributed by atoms with Gasteiger partial charge < -0.3 is 20.3 Å². The summed E-state index contributed by atoms with van der Waals surface area (Å²) >= 11 is 0. The van der Waals surface area contributed by atoms with E-state index in [0.29, 0.717) is 26.1 Å². The molecule has 2 aliphatic heterocycles. The second-order valence-corrected chi connectivity index (χ2v) is 9.04. The van der Waals surface area contributed by atoms with Gasteiger partial charge in [-0.05, 0) is 37.8 Å². The van der Waals surface area contributed by atoms with Gasteiger partial charge in [0.15, 0.2) is 0 Å². The maximum atomic E-state index is 12.8. The van der Waals surface area contributed by atoms with Crippen molar-refractivity contribution in [1.29, 1.82) is 0 Å². The summed E-state index contributed by atoms with van der Waals surface area (Å²) in [5, 5.41) is 21.9. The summed E-state index contributed by atoms with van der Waals surface area (Å²) in [6.07, 6.45) is 2.84. The monoisotopic (exact) mass is 395 g/mol. The van der Waals surface area contributed by atoms with Crippen molar-refractivity contribution in [3.63, 3.8) is 0 Å². The average molecular weight is 395 g/mol. The normalized spacial score (nSPS) is 24.1. The second kappa shape index (κ2) is 8.70. The maximum Gasteiger partial charge on any atom is 0.475 e. The van der Waals surface area contributed by atoms with Crippen molar-refractivity contribution in [3.05, 3.63) is 30.3 Å². The Kier molecular flexibility index (Phi) is 6.54. The van der Waals surface area contributed by atoms with E-state index in [4.69, 9.17) is 0 Å². The Labute approximate surface area is 160 Å². The first-order chi connectivity index (χ1) is 12.9. The zero-order chi connectivity index (χ0) is 19.4. The number of sulfonamides is 1. The van der Waals surface area contributed by atoms with Gasteiger partial charge in [0, 0.05) is 25.7 Å².